The van der Waals surface area contributed by atoms with E-state index in [4.69, 9.17) is 26.1 Å². The Labute approximate surface area is 261 Å². The van der Waals surface area contributed by atoms with Crippen molar-refractivity contribution in [2.24, 2.45) is 0 Å². The number of rotatable bonds is 11. The summed E-state index contributed by atoms with van der Waals surface area (Å²) in [5, 5.41) is 7.56. The van der Waals surface area contributed by atoms with E-state index in [2.05, 4.69) is 35.0 Å². The summed E-state index contributed by atoms with van der Waals surface area (Å²) in [4.78, 5) is 22.9. The first-order valence-corrected chi connectivity index (χ1v) is 15.0. The van der Waals surface area contributed by atoms with E-state index >= 15 is 0 Å². The van der Waals surface area contributed by atoms with E-state index in [1.54, 1.807) is 18.3 Å². The third-order valence-corrected chi connectivity index (χ3v) is 7.75. The number of hydrogen-bond donors (Lipinski definition) is 1. The molecule has 5 heterocycles. The Kier molecular flexibility index (Phi) is 9.24. The standard InChI is InChI=1S/C30H31ClF3N9O2/c1-2-44-14-13-43-25(37-23-16-20(17-36-28(23)43)27-39-29(41-40-27)30(32,33)34)18-42-11-8-22(9-12-42)45-26-7-10-35-24(38-26)15-19-3-5-21(31)6-4-19/h3-7,10,16-17,22H,2,8-9,11-15,18H2,1H3,(H,39,40,41). The lowest BCUT2D eigenvalue weighted by Crippen LogP contribution is -2.38. The zero-order valence-corrected chi connectivity index (χ0v) is 25.2. The van der Waals surface area contributed by atoms with Gasteiger partial charge in [-0.3, -0.25) is 4.90 Å². The number of aromatic nitrogens is 8. The number of piperidine rings is 1. The van der Waals surface area contributed by atoms with Crippen molar-refractivity contribution in [2.75, 3.05) is 26.3 Å². The lowest BCUT2D eigenvalue weighted by atomic mass is 10.1. The quantitative estimate of drug-likeness (QED) is 0.190. The number of pyridine rings is 1. The first kappa shape index (κ1) is 30.9. The van der Waals surface area contributed by atoms with Crippen LogP contribution >= 0.6 is 11.6 Å². The molecule has 0 amide bonds. The van der Waals surface area contributed by atoms with Crippen LogP contribution in [-0.4, -0.2) is 77.0 Å². The largest absolute Gasteiger partial charge is 0.474 e. The molecule has 0 bridgehead atoms. The molecule has 4 aromatic heterocycles. The zero-order chi connectivity index (χ0) is 31.4. The van der Waals surface area contributed by atoms with Gasteiger partial charge in [0.25, 0.3) is 0 Å². The van der Waals surface area contributed by atoms with Crippen molar-refractivity contribution in [3.05, 3.63) is 76.9 Å². The Morgan fingerprint density at radius 3 is 2.58 bits per heavy atom. The third kappa shape index (κ3) is 7.57. The van der Waals surface area contributed by atoms with Crippen molar-refractivity contribution in [3.8, 4) is 17.3 Å². The molecule has 0 aliphatic carbocycles. The lowest BCUT2D eigenvalue weighted by molar-refractivity contribution is -0.144. The van der Waals surface area contributed by atoms with Crippen LogP contribution in [0.25, 0.3) is 22.6 Å². The number of nitrogens with zero attached hydrogens (tertiary/aromatic N) is 8. The first-order chi connectivity index (χ1) is 21.7. The molecule has 1 aromatic carbocycles. The average Bonchev–Trinajstić information content (AvgIpc) is 3.65. The van der Waals surface area contributed by atoms with Crippen molar-refractivity contribution in [1.82, 2.24) is 44.6 Å². The Morgan fingerprint density at radius 1 is 1.04 bits per heavy atom. The van der Waals surface area contributed by atoms with Crippen LogP contribution in [0.15, 0.2) is 48.8 Å². The molecule has 236 valence electrons. The molecule has 1 saturated heterocycles. The summed E-state index contributed by atoms with van der Waals surface area (Å²) in [7, 11) is 0. The summed E-state index contributed by atoms with van der Waals surface area (Å²) >= 11 is 5.99. The Bertz CT molecular complexity index is 1740. The molecule has 1 fully saturated rings. The number of ether oxygens (including phenoxy) is 2. The fourth-order valence-electron chi connectivity index (χ4n) is 5.23. The van der Waals surface area contributed by atoms with Crippen LogP contribution in [0.3, 0.4) is 0 Å². The number of fused-ring (bicyclic) bond motifs is 1. The smallest absolute Gasteiger partial charge is 0.451 e. The molecule has 6 rings (SSSR count). The topological polar surface area (TPSA) is 120 Å². The van der Waals surface area contributed by atoms with E-state index in [-0.39, 0.29) is 11.9 Å². The number of benzene rings is 1. The number of alkyl halides is 3. The van der Waals surface area contributed by atoms with E-state index in [1.165, 1.54) is 6.20 Å². The number of aromatic amines is 1. The average molecular weight is 642 g/mol. The highest BCUT2D eigenvalue weighted by molar-refractivity contribution is 6.30. The molecule has 0 atom stereocenters. The van der Waals surface area contributed by atoms with Crippen molar-refractivity contribution >= 4 is 22.8 Å². The second-order valence-electron chi connectivity index (χ2n) is 10.7. The second-order valence-corrected chi connectivity index (χ2v) is 11.1. The van der Waals surface area contributed by atoms with Crippen LogP contribution in [0.2, 0.25) is 5.02 Å². The fraction of sp³-hybridized carbons (Fsp3) is 0.400. The predicted octanol–water partition coefficient (Wildman–Crippen LogP) is 5.35. The maximum Gasteiger partial charge on any atom is 0.451 e. The summed E-state index contributed by atoms with van der Waals surface area (Å²) in [6, 6.07) is 11.1. The van der Waals surface area contributed by atoms with Crippen LogP contribution in [-0.2, 0) is 30.4 Å². The predicted molar refractivity (Wildman–Crippen MR) is 160 cm³/mol. The highest BCUT2D eigenvalue weighted by atomic mass is 35.5. The van der Waals surface area contributed by atoms with Crippen molar-refractivity contribution in [3.63, 3.8) is 0 Å². The maximum absolute atomic E-state index is 13.0. The molecule has 11 nitrogen and oxygen atoms in total. The van der Waals surface area contributed by atoms with E-state index in [1.807, 2.05) is 35.8 Å². The molecule has 1 aliphatic rings. The number of nitrogens with one attached hydrogen (secondary N) is 1. The fourth-order valence-corrected chi connectivity index (χ4v) is 5.36. The van der Waals surface area contributed by atoms with E-state index in [9.17, 15) is 13.2 Å². The van der Waals surface area contributed by atoms with Gasteiger partial charge in [0.1, 0.15) is 23.3 Å². The van der Waals surface area contributed by atoms with Crippen LogP contribution in [0.1, 0.15) is 42.8 Å². The molecule has 1 N–H and O–H groups in total. The number of H-pyrrole nitrogens is 1. The Balaban J connectivity index is 1.11. The molecule has 0 unspecified atom stereocenters. The molecule has 45 heavy (non-hydrogen) atoms. The minimum atomic E-state index is -4.62. The summed E-state index contributed by atoms with van der Waals surface area (Å²) in [5.74, 6) is 0.848. The van der Waals surface area contributed by atoms with E-state index < -0.39 is 12.0 Å². The van der Waals surface area contributed by atoms with Gasteiger partial charge in [0, 0.05) is 61.7 Å². The van der Waals surface area contributed by atoms with Gasteiger partial charge in [0.2, 0.25) is 11.7 Å². The summed E-state index contributed by atoms with van der Waals surface area (Å²) in [5.41, 5.74) is 2.61. The molecule has 0 saturated carbocycles. The van der Waals surface area contributed by atoms with Gasteiger partial charge in [-0.2, -0.15) is 18.2 Å². The van der Waals surface area contributed by atoms with Gasteiger partial charge in [-0.05, 0) is 43.5 Å². The SMILES string of the molecule is CCOCCn1c(CN2CCC(Oc3ccnc(Cc4ccc(Cl)cc4)n3)CC2)nc2cc(-c3nnc(C(F)(F)F)[nH]3)cnc21. The van der Waals surface area contributed by atoms with Crippen LogP contribution in [0.4, 0.5) is 13.2 Å². The molecule has 15 heteroatoms. The van der Waals surface area contributed by atoms with Gasteiger partial charge >= 0.3 is 6.18 Å². The maximum atomic E-state index is 13.0. The van der Waals surface area contributed by atoms with Crippen molar-refractivity contribution in [2.45, 2.75) is 51.6 Å². The van der Waals surface area contributed by atoms with Gasteiger partial charge in [-0.1, -0.05) is 23.7 Å². The minimum absolute atomic E-state index is 0.0176. The van der Waals surface area contributed by atoms with Crippen molar-refractivity contribution in [1.29, 1.82) is 0 Å². The molecule has 0 spiro atoms. The highest BCUT2D eigenvalue weighted by Crippen LogP contribution is 2.29. The molecule has 5 aromatic rings. The normalized spacial score (nSPS) is 14.8. The van der Waals surface area contributed by atoms with Crippen LogP contribution in [0.5, 0.6) is 5.88 Å². The van der Waals surface area contributed by atoms with Gasteiger partial charge in [0.05, 0.1) is 13.2 Å². The first-order valence-electron chi connectivity index (χ1n) is 14.6. The number of likely N-dealkylation sites (tertiary alicyclic amines) is 1. The van der Waals surface area contributed by atoms with Crippen LogP contribution < -0.4 is 4.74 Å². The second kappa shape index (κ2) is 13.5. The Morgan fingerprint density at radius 2 is 1.84 bits per heavy atom. The van der Waals surface area contributed by atoms with Crippen LogP contribution in [0, 0.1) is 0 Å². The monoisotopic (exact) mass is 641 g/mol. The summed E-state index contributed by atoms with van der Waals surface area (Å²) in [6.45, 7) is 5.68. The molecular formula is C30H31ClF3N9O2. The van der Waals surface area contributed by atoms with Gasteiger partial charge in [-0.25, -0.2) is 15.0 Å². The molecule has 0 radical (unpaired) electrons. The number of halogens is 4. The van der Waals surface area contributed by atoms with E-state index in [0.717, 1.165) is 37.3 Å². The summed E-state index contributed by atoms with van der Waals surface area (Å²) in [6.07, 6.45) is 0.792. The van der Waals surface area contributed by atoms with Gasteiger partial charge in [-0.15, -0.1) is 10.2 Å². The molecular weight excluding hydrogens is 611 g/mol. The lowest BCUT2D eigenvalue weighted by Gasteiger charge is -2.31. The zero-order valence-electron chi connectivity index (χ0n) is 24.5. The minimum Gasteiger partial charge on any atom is -0.474 e. The third-order valence-electron chi connectivity index (χ3n) is 7.50. The summed E-state index contributed by atoms with van der Waals surface area (Å²) < 4.78 is 52.9. The Hall–Kier alpha value is -4.14. The number of imidazole rings is 1. The molecule has 1 aliphatic heterocycles. The highest BCUT2D eigenvalue weighted by Gasteiger charge is 2.35. The number of hydrogen-bond acceptors (Lipinski definition) is 9. The van der Waals surface area contributed by atoms with Crippen molar-refractivity contribution < 1.29 is 22.6 Å². The van der Waals surface area contributed by atoms with Gasteiger partial charge < -0.3 is 19.0 Å². The van der Waals surface area contributed by atoms with E-state index in [0.29, 0.717) is 66.2 Å². The van der Waals surface area contributed by atoms with Gasteiger partial charge in [0.15, 0.2) is 11.5 Å².